The predicted molar refractivity (Wildman–Crippen MR) is 125 cm³/mol. The van der Waals surface area contributed by atoms with E-state index in [4.69, 9.17) is 4.98 Å². The molecule has 1 aliphatic rings. The zero-order valence-corrected chi connectivity index (χ0v) is 18.1. The van der Waals surface area contributed by atoms with Gasteiger partial charge < -0.3 is 0 Å². The second-order valence-corrected chi connectivity index (χ2v) is 8.85. The minimum absolute atomic E-state index is 0.214. The highest BCUT2D eigenvalue weighted by atomic mass is 79.9. The van der Waals surface area contributed by atoms with Crippen LogP contribution in [0.2, 0.25) is 0 Å². The van der Waals surface area contributed by atoms with Gasteiger partial charge in [-0.25, -0.2) is 4.98 Å². The molecule has 0 radical (unpaired) electrons. The summed E-state index contributed by atoms with van der Waals surface area (Å²) in [7, 11) is 0. The van der Waals surface area contributed by atoms with E-state index in [1.807, 2.05) is 72.8 Å². The maximum absolute atomic E-state index is 13.1. The maximum Gasteiger partial charge on any atom is 0.293 e. The van der Waals surface area contributed by atoms with Gasteiger partial charge in [-0.3, -0.25) is 14.5 Å². The summed E-state index contributed by atoms with van der Waals surface area (Å²) in [5.74, 6) is -0.266. The predicted octanol–water partition coefficient (Wildman–Crippen LogP) is 6.39. The van der Waals surface area contributed by atoms with Crippen LogP contribution in [0.3, 0.4) is 0 Å². The molecule has 1 aromatic heterocycles. The van der Waals surface area contributed by atoms with E-state index < -0.39 is 0 Å². The Bertz CT molecular complexity index is 1290. The molecular formula is C24H15BrN2O2S. The Morgan fingerprint density at radius 3 is 2.10 bits per heavy atom. The molecule has 3 aromatic carbocycles. The van der Waals surface area contributed by atoms with Crippen molar-refractivity contribution in [3.8, 4) is 0 Å². The summed E-state index contributed by atoms with van der Waals surface area (Å²) in [5.41, 5.74) is 3.51. The van der Waals surface area contributed by atoms with Gasteiger partial charge in [-0.15, -0.1) is 0 Å². The van der Waals surface area contributed by atoms with E-state index in [0.29, 0.717) is 4.91 Å². The second-order valence-electron chi connectivity index (χ2n) is 6.94. The van der Waals surface area contributed by atoms with Gasteiger partial charge in [-0.1, -0.05) is 64.5 Å². The standard InChI is InChI=1S/C24H15BrN2O2S/c25-16-11-9-15(10-12-16)13-22-23(28)27(24(29)30-22)14-19-17-5-1-3-7-20(17)26-21-8-4-2-6-18(19)21/h1-13H,14H2/b22-13+. The first-order valence-corrected chi connectivity index (χ1v) is 11.0. The van der Waals surface area contributed by atoms with Crippen molar-refractivity contribution in [3.05, 3.63) is 93.3 Å². The third-order valence-electron chi connectivity index (χ3n) is 5.06. The number of fused-ring (bicyclic) bond motifs is 2. The molecule has 1 aliphatic heterocycles. The van der Waals surface area contributed by atoms with Crippen molar-refractivity contribution in [2.24, 2.45) is 0 Å². The molecule has 0 saturated carbocycles. The third kappa shape index (κ3) is 3.42. The Hall–Kier alpha value is -2.96. The highest BCUT2D eigenvalue weighted by Gasteiger charge is 2.35. The van der Waals surface area contributed by atoms with Gasteiger partial charge in [0.2, 0.25) is 0 Å². The average Bonchev–Trinajstić information content (AvgIpc) is 3.02. The molecule has 6 heteroatoms. The van der Waals surface area contributed by atoms with Crippen LogP contribution < -0.4 is 0 Å². The summed E-state index contributed by atoms with van der Waals surface area (Å²) >= 11 is 4.39. The number of aromatic nitrogens is 1. The van der Waals surface area contributed by atoms with Crippen molar-refractivity contribution < 1.29 is 9.59 Å². The van der Waals surface area contributed by atoms with Gasteiger partial charge in [-0.2, -0.15) is 0 Å². The van der Waals surface area contributed by atoms with Crippen LogP contribution in [0, 0.1) is 0 Å². The van der Waals surface area contributed by atoms with Crippen LogP contribution in [0.15, 0.2) is 82.2 Å². The SMILES string of the molecule is O=C1S/C(=C/c2ccc(Br)cc2)C(=O)N1Cc1c2ccccc2nc2ccccc12. The molecule has 0 spiro atoms. The van der Waals surface area contributed by atoms with Crippen LogP contribution in [0.1, 0.15) is 11.1 Å². The number of carbonyl (C=O) groups excluding carboxylic acids is 2. The lowest BCUT2D eigenvalue weighted by Crippen LogP contribution is -2.27. The Morgan fingerprint density at radius 1 is 0.867 bits per heavy atom. The van der Waals surface area contributed by atoms with Gasteiger partial charge in [-0.05, 0) is 53.2 Å². The van der Waals surface area contributed by atoms with Crippen LogP contribution in [0.4, 0.5) is 4.79 Å². The van der Waals surface area contributed by atoms with Crippen molar-refractivity contribution in [2.45, 2.75) is 6.54 Å². The van der Waals surface area contributed by atoms with Crippen molar-refractivity contribution >= 4 is 66.7 Å². The molecule has 4 aromatic rings. The lowest BCUT2D eigenvalue weighted by molar-refractivity contribution is -0.123. The first kappa shape index (κ1) is 19.0. The fraction of sp³-hybridized carbons (Fsp3) is 0.0417. The van der Waals surface area contributed by atoms with Gasteiger partial charge in [0, 0.05) is 15.2 Å². The van der Waals surface area contributed by atoms with Crippen molar-refractivity contribution in [1.82, 2.24) is 9.88 Å². The summed E-state index contributed by atoms with van der Waals surface area (Å²) in [6, 6.07) is 23.3. The maximum atomic E-state index is 13.1. The third-order valence-corrected chi connectivity index (χ3v) is 6.49. The molecular weight excluding hydrogens is 460 g/mol. The summed E-state index contributed by atoms with van der Waals surface area (Å²) in [4.78, 5) is 32.3. The average molecular weight is 475 g/mol. The van der Waals surface area contributed by atoms with E-state index in [-0.39, 0.29) is 17.7 Å². The minimum atomic E-state index is -0.266. The molecule has 1 saturated heterocycles. The van der Waals surface area contributed by atoms with Crippen molar-refractivity contribution in [3.63, 3.8) is 0 Å². The molecule has 30 heavy (non-hydrogen) atoms. The number of hydrogen-bond donors (Lipinski definition) is 0. The van der Waals surface area contributed by atoms with E-state index in [1.165, 1.54) is 4.90 Å². The smallest absolute Gasteiger partial charge is 0.268 e. The molecule has 0 bridgehead atoms. The second kappa shape index (κ2) is 7.70. The van der Waals surface area contributed by atoms with Crippen molar-refractivity contribution in [1.29, 1.82) is 0 Å². The van der Waals surface area contributed by atoms with Gasteiger partial charge in [0.15, 0.2) is 0 Å². The zero-order chi connectivity index (χ0) is 20.7. The van der Waals surface area contributed by atoms with E-state index in [2.05, 4.69) is 15.9 Å². The number of para-hydroxylation sites is 2. The van der Waals surface area contributed by atoms with Crippen LogP contribution in [-0.2, 0) is 11.3 Å². The van der Waals surface area contributed by atoms with Crippen molar-refractivity contribution in [2.75, 3.05) is 0 Å². The number of rotatable bonds is 3. The molecule has 1 fully saturated rings. The number of amides is 2. The molecule has 0 atom stereocenters. The number of imide groups is 1. The van der Waals surface area contributed by atoms with E-state index in [1.54, 1.807) is 6.08 Å². The molecule has 2 amide bonds. The molecule has 2 heterocycles. The Morgan fingerprint density at radius 2 is 1.47 bits per heavy atom. The summed E-state index contributed by atoms with van der Waals surface area (Å²) in [5, 5.41) is 1.65. The summed E-state index contributed by atoms with van der Waals surface area (Å²) in [6.45, 7) is 0.214. The Balaban J connectivity index is 1.55. The summed E-state index contributed by atoms with van der Waals surface area (Å²) < 4.78 is 0.962. The first-order valence-electron chi connectivity index (χ1n) is 9.37. The molecule has 5 rings (SSSR count). The Kier molecular flexibility index (Phi) is 4.89. The van der Waals surface area contributed by atoms with Gasteiger partial charge in [0.1, 0.15) is 0 Å². The molecule has 0 aliphatic carbocycles. The number of hydrogen-bond acceptors (Lipinski definition) is 4. The monoisotopic (exact) mass is 474 g/mol. The van der Waals surface area contributed by atoms with Gasteiger partial charge >= 0.3 is 0 Å². The van der Waals surface area contributed by atoms with Crippen LogP contribution >= 0.6 is 27.7 Å². The topological polar surface area (TPSA) is 50.3 Å². The van der Waals surface area contributed by atoms with E-state index in [0.717, 1.165) is 49.2 Å². The van der Waals surface area contributed by atoms with Crippen LogP contribution in [0.25, 0.3) is 27.9 Å². The number of nitrogens with zero attached hydrogens (tertiary/aromatic N) is 2. The lowest BCUT2D eigenvalue weighted by atomic mass is 10.0. The Labute approximate surface area is 185 Å². The first-order chi connectivity index (χ1) is 14.6. The van der Waals surface area contributed by atoms with Gasteiger partial charge in [0.25, 0.3) is 11.1 Å². The normalized spacial score (nSPS) is 15.6. The molecule has 0 unspecified atom stereocenters. The number of benzene rings is 3. The van der Waals surface area contributed by atoms with E-state index in [9.17, 15) is 9.59 Å². The van der Waals surface area contributed by atoms with E-state index >= 15 is 0 Å². The number of halogens is 1. The highest BCUT2D eigenvalue weighted by molar-refractivity contribution is 9.10. The van der Waals surface area contributed by atoms with Crippen LogP contribution in [-0.4, -0.2) is 21.0 Å². The largest absolute Gasteiger partial charge is 0.293 e. The summed E-state index contributed by atoms with van der Waals surface area (Å²) in [6.07, 6.45) is 1.76. The molecule has 0 N–H and O–H groups in total. The fourth-order valence-electron chi connectivity index (χ4n) is 3.60. The quantitative estimate of drug-likeness (QED) is 0.255. The zero-order valence-electron chi connectivity index (χ0n) is 15.7. The minimum Gasteiger partial charge on any atom is -0.268 e. The fourth-order valence-corrected chi connectivity index (χ4v) is 4.71. The number of carbonyl (C=O) groups is 2. The van der Waals surface area contributed by atoms with Crippen LogP contribution in [0.5, 0.6) is 0 Å². The molecule has 146 valence electrons. The molecule has 4 nitrogen and oxygen atoms in total. The lowest BCUT2D eigenvalue weighted by Gasteiger charge is -2.16. The highest BCUT2D eigenvalue weighted by Crippen LogP contribution is 2.35. The number of pyridine rings is 1. The van der Waals surface area contributed by atoms with Gasteiger partial charge in [0.05, 0.1) is 22.5 Å². The number of thioether (sulfide) groups is 1.